The smallest absolute Gasteiger partial charge is 0.306 e. The van der Waals surface area contributed by atoms with Crippen molar-refractivity contribution in [2.75, 3.05) is 13.2 Å². The van der Waals surface area contributed by atoms with E-state index in [4.69, 9.17) is 9.47 Å². The van der Waals surface area contributed by atoms with Crippen LogP contribution in [0.3, 0.4) is 0 Å². The molecule has 0 fully saturated rings. The van der Waals surface area contributed by atoms with E-state index in [0.717, 1.165) is 77.0 Å². The molecule has 5 heteroatoms. The van der Waals surface area contributed by atoms with Gasteiger partial charge in [0.2, 0.25) is 0 Å². The number of ether oxygens (including phenoxy) is 2. The van der Waals surface area contributed by atoms with Gasteiger partial charge in [-0.05, 0) is 70.6 Å². The highest BCUT2D eigenvalue weighted by Gasteiger charge is 2.16. The predicted molar refractivity (Wildman–Crippen MR) is 371 cm³/mol. The minimum Gasteiger partial charge on any atom is -0.462 e. The fourth-order valence-electron chi connectivity index (χ4n) is 11.2. The Bertz CT molecular complexity index is 1520. The number of aliphatic hydroxyl groups excluding tert-OH is 1. The molecule has 0 aromatic heterocycles. The SMILES string of the molecule is CC/C=C\C/C=C\C/C=C\C/C=C\C/C=C\C/C=C\C/C=C\CCCCCCCCCCCCCCCCCCCC(=O)OC(CO)COC(=O)CCCCCCCCCCCCCCCCCCCCCCCCCCCCCCCCC. The van der Waals surface area contributed by atoms with Gasteiger partial charge in [0.05, 0.1) is 6.61 Å². The minimum absolute atomic E-state index is 0.0620. The molecule has 0 aliphatic rings. The summed E-state index contributed by atoms with van der Waals surface area (Å²) in [4.78, 5) is 24.7. The molecule has 0 aliphatic heterocycles. The fourth-order valence-corrected chi connectivity index (χ4v) is 11.2. The van der Waals surface area contributed by atoms with Crippen LogP contribution in [0.15, 0.2) is 85.1 Å². The summed E-state index contributed by atoms with van der Waals surface area (Å²) < 4.78 is 10.8. The average molecular weight is 1170 g/mol. The predicted octanol–water partition coefficient (Wildman–Crippen LogP) is 26.0. The first-order valence-electron chi connectivity index (χ1n) is 37.1. The number of allylic oxidation sites excluding steroid dienone is 14. The molecule has 0 saturated carbocycles. The normalized spacial score (nSPS) is 12.7. The van der Waals surface area contributed by atoms with Gasteiger partial charge in [0.25, 0.3) is 0 Å². The van der Waals surface area contributed by atoms with Gasteiger partial charge < -0.3 is 14.6 Å². The van der Waals surface area contributed by atoms with Crippen molar-refractivity contribution in [1.82, 2.24) is 0 Å². The Balaban J connectivity index is 3.42. The highest BCUT2D eigenvalue weighted by Crippen LogP contribution is 2.19. The second-order valence-electron chi connectivity index (χ2n) is 25.0. The Morgan fingerprint density at radius 1 is 0.286 bits per heavy atom. The summed E-state index contributed by atoms with van der Waals surface area (Å²) in [5.74, 6) is -0.570. The zero-order valence-corrected chi connectivity index (χ0v) is 56.2. The van der Waals surface area contributed by atoms with E-state index < -0.39 is 6.10 Å². The Morgan fingerprint density at radius 2 is 0.512 bits per heavy atom. The van der Waals surface area contributed by atoms with Crippen LogP contribution in [-0.2, 0) is 19.1 Å². The van der Waals surface area contributed by atoms with Crippen LogP contribution in [0, 0.1) is 0 Å². The Hall–Kier alpha value is -2.92. The largest absolute Gasteiger partial charge is 0.462 e. The van der Waals surface area contributed by atoms with E-state index in [0.29, 0.717) is 12.8 Å². The molecule has 0 rings (SSSR count). The van der Waals surface area contributed by atoms with Gasteiger partial charge in [-0.3, -0.25) is 9.59 Å². The first-order chi connectivity index (χ1) is 41.6. The van der Waals surface area contributed by atoms with Gasteiger partial charge in [-0.25, -0.2) is 0 Å². The lowest BCUT2D eigenvalue weighted by Gasteiger charge is -2.15. The summed E-state index contributed by atoms with van der Waals surface area (Å²) in [5, 5.41) is 9.72. The maximum atomic E-state index is 12.4. The summed E-state index contributed by atoms with van der Waals surface area (Å²) in [6.45, 7) is 4.08. The van der Waals surface area contributed by atoms with E-state index in [1.165, 1.54) is 283 Å². The molecule has 0 amide bonds. The molecule has 0 aromatic rings. The molecule has 0 heterocycles. The van der Waals surface area contributed by atoms with Gasteiger partial charge in [-0.1, -0.05) is 388 Å². The van der Waals surface area contributed by atoms with Crippen molar-refractivity contribution in [3.63, 3.8) is 0 Å². The summed E-state index contributed by atoms with van der Waals surface area (Å²) in [5.41, 5.74) is 0. The molecule has 84 heavy (non-hydrogen) atoms. The molecule has 1 unspecified atom stereocenters. The Kier molecular flexibility index (Phi) is 71.7. The lowest BCUT2D eigenvalue weighted by atomic mass is 10.0. The molecular weight excluding hydrogens is 1030 g/mol. The molecule has 0 spiro atoms. The summed E-state index contributed by atoms with van der Waals surface area (Å²) in [6, 6.07) is 0. The third-order valence-corrected chi connectivity index (χ3v) is 16.7. The Labute approximate surface area is 524 Å². The topological polar surface area (TPSA) is 72.8 Å². The third-order valence-electron chi connectivity index (χ3n) is 16.7. The van der Waals surface area contributed by atoms with E-state index >= 15 is 0 Å². The van der Waals surface area contributed by atoms with Crippen molar-refractivity contribution in [2.24, 2.45) is 0 Å². The van der Waals surface area contributed by atoms with Gasteiger partial charge >= 0.3 is 11.9 Å². The van der Waals surface area contributed by atoms with Crippen molar-refractivity contribution in [3.8, 4) is 0 Å². The van der Waals surface area contributed by atoms with E-state index in [1.54, 1.807) is 0 Å². The molecule has 488 valence electrons. The van der Waals surface area contributed by atoms with Crippen molar-refractivity contribution in [1.29, 1.82) is 0 Å². The third kappa shape index (κ3) is 71.6. The fraction of sp³-hybridized carbons (Fsp3) is 0.797. The zero-order valence-electron chi connectivity index (χ0n) is 56.2. The van der Waals surface area contributed by atoms with Crippen LogP contribution in [0.2, 0.25) is 0 Å². The van der Waals surface area contributed by atoms with Crippen LogP contribution in [-0.4, -0.2) is 36.4 Å². The summed E-state index contributed by atoms with van der Waals surface area (Å²) in [7, 11) is 0. The van der Waals surface area contributed by atoms with Crippen molar-refractivity contribution >= 4 is 11.9 Å². The Morgan fingerprint density at radius 3 is 0.774 bits per heavy atom. The maximum Gasteiger partial charge on any atom is 0.306 e. The number of aliphatic hydroxyl groups is 1. The number of esters is 2. The molecule has 0 aromatic carbocycles. The van der Waals surface area contributed by atoms with Crippen molar-refractivity contribution < 1.29 is 24.2 Å². The van der Waals surface area contributed by atoms with Crippen molar-refractivity contribution in [3.05, 3.63) is 85.1 Å². The highest BCUT2D eigenvalue weighted by atomic mass is 16.6. The van der Waals surface area contributed by atoms with Gasteiger partial charge in [0.1, 0.15) is 6.61 Å². The van der Waals surface area contributed by atoms with Crippen LogP contribution >= 0.6 is 0 Å². The molecule has 1 N–H and O–H groups in total. The van der Waals surface area contributed by atoms with Gasteiger partial charge in [0.15, 0.2) is 6.10 Å². The standard InChI is InChI=1S/C79H142O5/c1-3-5-7-9-11-13-15-17-19-21-23-25-27-29-31-33-35-36-37-38-39-40-41-42-44-46-48-50-52-54-56-58-60-62-64-66-68-70-72-74-79(82)84-77(75-80)76-83-78(81)73-71-69-67-65-63-61-59-57-55-53-51-49-47-45-43-34-32-30-28-26-24-22-20-18-16-14-12-10-8-6-4-2/h5,7,11,13,17,19,23,25,29,31,35-36,38-39,77,80H,3-4,6,8-10,12,14-16,18,20-22,24,26-28,30,32-34,37,40-76H2,1-2H3/b7-5-,13-11-,19-17-,25-23-,31-29-,36-35-,39-38-. The quantitative estimate of drug-likeness (QED) is 0.0373. The number of hydrogen-bond donors (Lipinski definition) is 1. The van der Waals surface area contributed by atoms with E-state index in [1.807, 2.05) is 0 Å². The van der Waals surface area contributed by atoms with Crippen LogP contribution in [0.4, 0.5) is 0 Å². The zero-order chi connectivity index (χ0) is 60.5. The molecule has 0 bridgehead atoms. The molecule has 5 nitrogen and oxygen atoms in total. The number of rotatable bonds is 69. The number of carbonyl (C=O) groups is 2. The first kappa shape index (κ1) is 81.1. The van der Waals surface area contributed by atoms with E-state index in [-0.39, 0.29) is 25.2 Å². The van der Waals surface area contributed by atoms with Crippen molar-refractivity contribution in [2.45, 2.75) is 392 Å². The number of carbonyl (C=O) groups excluding carboxylic acids is 2. The summed E-state index contributed by atoms with van der Waals surface area (Å²) >= 11 is 0. The van der Waals surface area contributed by atoms with Crippen LogP contribution in [0.1, 0.15) is 386 Å². The summed E-state index contributed by atoms with van der Waals surface area (Å²) in [6.07, 6.45) is 105. The number of unbranched alkanes of at least 4 members (excludes halogenated alkanes) is 47. The molecule has 1 atom stereocenters. The monoisotopic (exact) mass is 1170 g/mol. The molecule has 0 saturated heterocycles. The van der Waals surface area contributed by atoms with E-state index in [2.05, 4.69) is 98.9 Å². The molecular formula is C79H142O5. The van der Waals surface area contributed by atoms with Crippen LogP contribution in [0.5, 0.6) is 0 Å². The second-order valence-corrected chi connectivity index (χ2v) is 25.0. The lowest BCUT2D eigenvalue weighted by molar-refractivity contribution is -0.161. The highest BCUT2D eigenvalue weighted by molar-refractivity contribution is 5.70. The molecule has 0 aliphatic carbocycles. The molecule has 0 radical (unpaired) electrons. The minimum atomic E-state index is -0.774. The first-order valence-corrected chi connectivity index (χ1v) is 37.1. The van der Waals surface area contributed by atoms with Gasteiger partial charge in [0, 0.05) is 12.8 Å². The number of hydrogen-bond acceptors (Lipinski definition) is 5. The maximum absolute atomic E-state index is 12.4. The lowest BCUT2D eigenvalue weighted by Crippen LogP contribution is -2.28. The van der Waals surface area contributed by atoms with Crippen LogP contribution in [0.25, 0.3) is 0 Å². The van der Waals surface area contributed by atoms with Crippen LogP contribution < -0.4 is 0 Å². The second kappa shape index (κ2) is 74.3. The van der Waals surface area contributed by atoms with E-state index in [9.17, 15) is 14.7 Å². The van der Waals surface area contributed by atoms with Gasteiger partial charge in [-0.2, -0.15) is 0 Å². The van der Waals surface area contributed by atoms with Gasteiger partial charge in [-0.15, -0.1) is 0 Å². The average Bonchev–Trinajstić information content (AvgIpc) is 3.51.